The second kappa shape index (κ2) is 5.12. The molecule has 1 aromatic carbocycles. The molecular formula is C14H17NO3. The van der Waals surface area contributed by atoms with Gasteiger partial charge in [-0.25, -0.2) is 9.36 Å². The normalized spacial score (nSPS) is 11.1. The number of aromatic nitrogens is 1. The second-order valence-electron chi connectivity index (χ2n) is 4.22. The van der Waals surface area contributed by atoms with Gasteiger partial charge in [0.15, 0.2) is 0 Å². The van der Waals surface area contributed by atoms with E-state index in [1.54, 1.807) is 12.1 Å². The summed E-state index contributed by atoms with van der Waals surface area (Å²) in [6, 6.07) is 9.15. The van der Waals surface area contributed by atoms with Crippen LogP contribution >= 0.6 is 0 Å². The molecule has 1 heterocycles. The molecule has 0 spiro atoms. The molecule has 0 aliphatic rings. The summed E-state index contributed by atoms with van der Waals surface area (Å²) in [6.07, 6.45) is 0.750. The Morgan fingerprint density at radius 1 is 1.33 bits per heavy atom. The van der Waals surface area contributed by atoms with Crippen molar-refractivity contribution in [1.82, 2.24) is 4.57 Å². The lowest BCUT2D eigenvalue weighted by Crippen LogP contribution is -2.18. The molecule has 2 rings (SSSR count). The van der Waals surface area contributed by atoms with Gasteiger partial charge in [0.25, 0.3) is 0 Å². The zero-order valence-corrected chi connectivity index (χ0v) is 10.6. The Morgan fingerprint density at radius 3 is 2.61 bits per heavy atom. The molecule has 0 radical (unpaired) electrons. The van der Waals surface area contributed by atoms with Crippen molar-refractivity contribution >= 4 is 17.0 Å². The van der Waals surface area contributed by atoms with Crippen molar-refractivity contribution < 1.29 is 14.6 Å². The highest BCUT2D eigenvalue weighted by molar-refractivity contribution is 5.91. The highest BCUT2D eigenvalue weighted by Crippen LogP contribution is 2.26. The molecule has 0 bridgehead atoms. The Morgan fingerprint density at radius 2 is 2.00 bits per heavy atom. The Balaban J connectivity index is 2.49. The van der Waals surface area contributed by atoms with Gasteiger partial charge >= 0.3 is 6.09 Å². The van der Waals surface area contributed by atoms with Gasteiger partial charge in [0.1, 0.15) is 0 Å². The molecule has 0 fully saturated rings. The first kappa shape index (κ1) is 12.5. The van der Waals surface area contributed by atoms with Gasteiger partial charge in [0, 0.05) is 11.5 Å². The fourth-order valence-corrected chi connectivity index (χ4v) is 2.04. The van der Waals surface area contributed by atoms with E-state index < -0.39 is 6.09 Å². The van der Waals surface area contributed by atoms with E-state index in [4.69, 9.17) is 4.74 Å². The van der Waals surface area contributed by atoms with Crippen LogP contribution in [0.5, 0.6) is 5.88 Å². The minimum atomic E-state index is -1.02. The quantitative estimate of drug-likeness (QED) is 0.895. The summed E-state index contributed by atoms with van der Waals surface area (Å²) in [5.74, 6) is 0.400. The molecule has 2 aromatic rings. The van der Waals surface area contributed by atoms with Gasteiger partial charge in [-0.2, -0.15) is 0 Å². The molecule has 4 heteroatoms. The zero-order chi connectivity index (χ0) is 13.1. The van der Waals surface area contributed by atoms with Crippen LogP contribution in [-0.4, -0.2) is 21.9 Å². The van der Waals surface area contributed by atoms with Gasteiger partial charge in [-0.1, -0.05) is 32.0 Å². The van der Waals surface area contributed by atoms with Crippen molar-refractivity contribution in [1.29, 1.82) is 0 Å². The summed E-state index contributed by atoms with van der Waals surface area (Å²) in [5.41, 5.74) is 0.658. The van der Waals surface area contributed by atoms with E-state index in [0.29, 0.717) is 11.4 Å². The molecule has 4 nitrogen and oxygen atoms in total. The number of carboxylic acid groups (broad SMARTS) is 1. The number of fused-ring (bicyclic) bond motifs is 1. The monoisotopic (exact) mass is 247 g/mol. The lowest BCUT2D eigenvalue weighted by molar-refractivity contribution is 0.166. The first-order valence-electron chi connectivity index (χ1n) is 6.17. The smallest absolute Gasteiger partial charge is 0.418 e. The minimum absolute atomic E-state index is 0.0485. The number of nitrogens with zero attached hydrogens (tertiary/aromatic N) is 1. The highest BCUT2D eigenvalue weighted by atomic mass is 16.5. The van der Waals surface area contributed by atoms with Gasteiger partial charge in [0.2, 0.25) is 5.88 Å². The number of benzene rings is 1. The topological polar surface area (TPSA) is 51.5 Å². The van der Waals surface area contributed by atoms with E-state index in [1.807, 2.05) is 32.0 Å². The van der Waals surface area contributed by atoms with Crippen LogP contribution in [0.25, 0.3) is 10.9 Å². The summed E-state index contributed by atoms with van der Waals surface area (Å²) < 4.78 is 6.97. The zero-order valence-electron chi connectivity index (χ0n) is 10.6. The third-order valence-electron chi connectivity index (χ3n) is 3.07. The predicted octanol–water partition coefficient (Wildman–Crippen LogP) is 3.73. The minimum Gasteiger partial charge on any atom is -0.475 e. The summed E-state index contributed by atoms with van der Waals surface area (Å²) in [7, 11) is 0. The van der Waals surface area contributed by atoms with E-state index in [-0.39, 0.29) is 6.10 Å². The maximum atomic E-state index is 11.3. The average molecular weight is 247 g/mol. The van der Waals surface area contributed by atoms with E-state index >= 15 is 0 Å². The van der Waals surface area contributed by atoms with Crippen LogP contribution < -0.4 is 4.74 Å². The maximum Gasteiger partial charge on any atom is 0.418 e. The maximum absolute atomic E-state index is 11.3. The number of hydrogen-bond donors (Lipinski definition) is 1. The van der Waals surface area contributed by atoms with Crippen molar-refractivity contribution in [2.75, 3.05) is 0 Å². The molecule has 0 saturated heterocycles. The summed E-state index contributed by atoms with van der Waals surface area (Å²) in [4.78, 5) is 11.3. The molecule has 18 heavy (non-hydrogen) atoms. The lowest BCUT2D eigenvalue weighted by Gasteiger charge is -2.15. The van der Waals surface area contributed by atoms with Crippen LogP contribution in [0.15, 0.2) is 30.3 Å². The van der Waals surface area contributed by atoms with Crippen LogP contribution in [0.1, 0.15) is 26.7 Å². The van der Waals surface area contributed by atoms with Crippen LogP contribution in [-0.2, 0) is 0 Å². The van der Waals surface area contributed by atoms with Crippen LogP contribution in [0.2, 0.25) is 0 Å². The van der Waals surface area contributed by atoms with Gasteiger partial charge < -0.3 is 9.84 Å². The van der Waals surface area contributed by atoms with E-state index in [2.05, 4.69) is 0 Å². The van der Waals surface area contributed by atoms with Crippen molar-refractivity contribution in [3.63, 3.8) is 0 Å². The number of carbonyl (C=O) groups is 1. The molecule has 0 saturated carbocycles. The Hall–Kier alpha value is -1.97. The molecule has 96 valence electrons. The van der Waals surface area contributed by atoms with Gasteiger partial charge in [-0.15, -0.1) is 0 Å². The third kappa shape index (κ3) is 2.18. The van der Waals surface area contributed by atoms with E-state index in [1.165, 1.54) is 4.57 Å². The van der Waals surface area contributed by atoms with Crippen LogP contribution in [0.4, 0.5) is 4.79 Å². The van der Waals surface area contributed by atoms with E-state index in [9.17, 15) is 9.90 Å². The van der Waals surface area contributed by atoms with Crippen molar-refractivity contribution in [2.45, 2.75) is 32.8 Å². The number of para-hydroxylation sites is 1. The Labute approximate surface area is 106 Å². The molecular weight excluding hydrogens is 230 g/mol. The van der Waals surface area contributed by atoms with Crippen LogP contribution in [0.3, 0.4) is 0 Å². The van der Waals surface area contributed by atoms with Crippen molar-refractivity contribution in [2.24, 2.45) is 0 Å². The van der Waals surface area contributed by atoms with Gasteiger partial charge in [-0.05, 0) is 18.9 Å². The van der Waals surface area contributed by atoms with Crippen molar-refractivity contribution in [3.8, 4) is 5.88 Å². The summed E-state index contributed by atoms with van der Waals surface area (Å²) in [6.45, 7) is 4.06. The molecule has 0 aliphatic heterocycles. The fourth-order valence-electron chi connectivity index (χ4n) is 2.04. The van der Waals surface area contributed by atoms with Gasteiger partial charge in [-0.3, -0.25) is 0 Å². The van der Waals surface area contributed by atoms with Crippen LogP contribution in [0, 0.1) is 0 Å². The summed E-state index contributed by atoms with van der Waals surface area (Å²) >= 11 is 0. The van der Waals surface area contributed by atoms with E-state index in [0.717, 1.165) is 18.2 Å². The SMILES string of the molecule is CCC(CC)Oc1cc2ccccc2n1C(=O)O. The molecule has 0 unspecified atom stereocenters. The molecule has 1 aromatic heterocycles. The standard InChI is InChI=1S/C14H17NO3/c1-3-11(4-2)18-13-9-10-7-5-6-8-12(10)15(13)14(16)17/h5-9,11H,3-4H2,1-2H3,(H,16,17). The first-order valence-corrected chi connectivity index (χ1v) is 6.17. The Bertz CT molecular complexity index is 555. The fraction of sp³-hybridized carbons (Fsp3) is 0.357. The highest BCUT2D eigenvalue weighted by Gasteiger charge is 2.17. The Kier molecular flexibility index (Phi) is 3.55. The first-order chi connectivity index (χ1) is 8.67. The van der Waals surface area contributed by atoms with Gasteiger partial charge in [0.05, 0.1) is 11.6 Å². The second-order valence-corrected chi connectivity index (χ2v) is 4.22. The summed E-state index contributed by atoms with van der Waals surface area (Å²) in [5, 5.41) is 10.2. The van der Waals surface area contributed by atoms with Crippen molar-refractivity contribution in [3.05, 3.63) is 30.3 Å². The molecule has 0 aliphatic carbocycles. The predicted molar refractivity (Wildman–Crippen MR) is 70.4 cm³/mol. The lowest BCUT2D eigenvalue weighted by atomic mass is 10.2. The third-order valence-corrected chi connectivity index (χ3v) is 3.07. The molecule has 0 atom stereocenters. The number of hydrogen-bond acceptors (Lipinski definition) is 2. The average Bonchev–Trinajstić information content (AvgIpc) is 2.73. The number of rotatable bonds is 4. The molecule has 0 amide bonds. The number of ether oxygens (including phenoxy) is 1. The molecule has 1 N–H and O–H groups in total. The largest absolute Gasteiger partial charge is 0.475 e.